The zero-order valence-corrected chi connectivity index (χ0v) is 13.5. The summed E-state index contributed by atoms with van der Waals surface area (Å²) in [5, 5.41) is 9.88. The van der Waals surface area contributed by atoms with Gasteiger partial charge < -0.3 is 10.0 Å². The number of carbonyl (C=O) groups is 1. The molecule has 3 nitrogen and oxygen atoms in total. The summed E-state index contributed by atoms with van der Waals surface area (Å²) in [6, 6.07) is 7.80. The smallest absolute Gasteiger partial charge is 0.323 e. The first kappa shape index (κ1) is 16.2. The highest BCUT2D eigenvalue weighted by Crippen LogP contribution is 2.34. The van der Waals surface area contributed by atoms with E-state index < -0.39 is 5.97 Å². The van der Waals surface area contributed by atoms with Crippen LogP contribution >= 0.6 is 11.6 Å². The molecule has 2 rings (SSSR count). The summed E-state index contributed by atoms with van der Waals surface area (Å²) in [7, 11) is 0. The van der Waals surface area contributed by atoms with Gasteiger partial charge in [0.1, 0.15) is 6.54 Å². The van der Waals surface area contributed by atoms with E-state index in [1.165, 1.54) is 12.8 Å². The van der Waals surface area contributed by atoms with E-state index in [1.54, 1.807) is 0 Å². The first-order valence-electron chi connectivity index (χ1n) is 7.71. The molecule has 21 heavy (non-hydrogen) atoms. The Morgan fingerprint density at radius 1 is 1.24 bits per heavy atom. The minimum absolute atomic E-state index is 0.0542. The highest BCUT2D eigenvalue weighted by Gasteiger charge is 2.28. The van der Waals surface area contributed by atoms with Crippen LogP contribution < -0.4 is 4.90 Å². The third kappa shape index (κ3) is 4.37. The second-order valence-corrected chi connectivity index (χ2v) is 6.75. The van der Waals surface area contributed by atoms with Crippen LogP contribution in [0.3, 0.4) is 0 Å². The molecule has 0 atom stereocenters. The number of halogens is 1. The van der Waals surface area contributed by atoms with Gasteiger partial charge >= 0.3 is 5.97 Å². The average Bonchev–Trinajstić information content (AvgIpc) is 2.46. The monoisotopic (exact) mass is 309 g/mol. The lowest BCUT2D eigenvalue weighted by Crippen LogP contribution is -2.41. The molecular weight excluding hydrogens is 286 g/mol. The van der Waals surface area contributed by atoms with Crippen LogP contribution in [0.15, 0.2) is 24.3 Å². The van der Waals surface area contributed by atoms with Gasteiger partial charge in [0.25, 0.3) is 0 Å². The molecule has 0 spiro atoms. The Kier molecular flexibility index (Phi) is 5.51. The molecule has 1 N–H and O–H groups in total. The lowest BCUT2D eigenvalue weighted by atomic mass is 9.79. The SMILES string of the molecule is CC(C)C1CCC(N(CC(=O)O)c2ccc(Cl)cc2)CC1. The fraction of sp³-hybridized carbons (Fsp3) is 0.588. The summed E-state index contributed by atoms with van der Waals surface area (Å²) in [4.78, 5) is 13.2. The van der Waals surface area contributed by atoms with Crippen LogP contribution in [0.2, 0.25) is 5.02 Å². The summed E-state index contributed by atoms with van der Waals surface area (Å²) >= 11 is 5.93. The summed E-state index contributed by atoms with van der Waals surface area (Å²) in [6.45, 7) is 4.61. The van der Waals surface area contributed by atoms with Crippen molar-refractivity contribution in [3.63, 3.8) is 0 Å². The zero-order chi connectivity index (χ0) is 15.4. The van der Waals surface area contributed by atoms with E-state index in [2.05, 4.69) is 13.8 Å². The van der Waals surface area contributed by atoms with E-state index in [4.69, 9.17) is 11.6 Å². The van der Waals surface area contributed by atoms with Crippen molar-refractivity contribution in [1.29, 1.82) is 0 Å². The number of rotatable bonds is 5. The molecule has 1 fully saturated rings. The molecule has 1 aliphatic rings. The number of hydrogen-bond donors (Lipinski definition) is 1. The second kappa shape index (κ2) is 7.17. The van der Waals surface area contributed by atoms with Crippen LogP contribution in [-0.2, 0) is 4.79 Å². The maximum Gasteiger partial charge on any atom is 0.323 e. The molecule has 0 aliphatic heterocycles. The number of benzene rings is 1. The predicted octanol–water partition coefficient (Wildman–Crippen LogP) is 4.45. The third-order valence-corrected chi connectivity index (χ3v) is 4.84. The summed E-state index contributed by atoms with van der Waals surface area (Å²) in [5.74, 6) is 0.712. The van der Waals surface area contributed by atoms with Gasteiger partial charge in [0.05, 0.1) is 0 Å². The van der Waals surface area contributed by atoms with Crippen LogP contribution in [0.4, 0.5) is 5.69 Å². The Morgan fingerprint density at radius 3 is 2.29 bits per heavy atom. The minimum atomic E-state index is -0.782. The molecular formula is C17H24ClNO2. The summed E-state index contributed by atoms with van der Waals surface area (Å²) in [6.07, 6.45) is 4.51. The fourth-order valence-corrected chi connectivity index (χ4v) is 3.42. The standard InChI is InChI=1S/C17H24ClNO2/c1-12(2)13-3-7-15(8-4-13)19(11-17(20)21)16-9-5-14(18)6-10-16/h5-6,9-10,12-13,15H,3-4,7-8,11H2,1-2H3,(H,20,21). The van der Waals surface area contributed by atoms with E-state index in [0.717, 1.165) is 30.4 Å². The van der Waals surface area contributed by atoms with E-state index in [1.807, 2.05) is 29.2 Å². The Hall–Kier alpha value is -1.22. The maximum atomic E-state index is 11.2. The summed E-state index contributed by atoms with van der Waals surface area (Å²) < 4.78 is 0. The number of carboxylic acids is 1. The first-order valence-corrected chi connectivity index (χ1v) is 8.09. The molecule has 116 valence electrons. The molecule has 0 aromatic heterocycles. The average molecular weight is 310 g/mol. The molecule has 4 heteroatoms. The molecule has 0 amide bonds. The van der Waals surface area contributed by atoms with Gasteiger partial charge in [0.2, 0.25) is 0 Å². The molecule has 0 radical (unpaired) electrons. The molecule has 1 aliphatic carbocycles. The van der Waals surface area contributed by atoms with Crippen molar-refractivity contribution in [2.24, 2.45) is 11.8 Å². The van der Waals surface area contributed by atoms with E-state index in [9.17, 15) is 9.90 Å². The predicted molar refractivity (Wildman–Crippen MR) is 87.0 cm³/mol. The first-order chi connectivity index (χ1) is 9.97. The Balaban J connectivity index is 2.10. The normalized spacial score (nSPS) is 22.3. The van der Waals surface area contributed by atoms with Gasteiger partial charge in [-0.1, -0.05) is 25.4 Å². The lowest BCUT2D eigenvalue weighted by Gasteiger charge is -2.38. The van der Waals surface area contributed by atoms with Crippen molar-refractivity contribution in [3.05, 3.63) is 29.3 Å². The van der Waals surface area contributed by atoms with E-state index in [-0.39, 0.29) is 6.54 Å². The lowest BCUT2D eigenvalue weighted by molar-refractivity contribution is -0.135. The summed E-state index contributed by atoms with van der Waals surface area (Å²) in [5.41, 5.74) is 0.954. The Bertz CT molecular complexity index is 464. The van der Waals surface area contributed by atoms with Crippen LogP contribution in [0.1, 0.15) is 39.5 Å². The van der Waals surface area contributed by atoms with E-state index >= 15 is 0 Å². The topological polar surface area (TPSA) is 40.5 Å². The van der Waals surface area contributed by atoms with E-state index in [0.29, 0.717) is 11.1 Å². The van der Waals surface area contributed by atoms with Gasteiger partial charge in [-0.25, -0.2) is 0 Å². The van der Waals surface area contributed by atoms with Crippen molar-refractivity contribution in [2.75, 3.05) is 11.4 Å². The minimum Gasteiger partial charge on any atom is -0.480 e. The third-order valence-electron chi connectivity index (χ3n) is 4.59. The Labute approximate surface area is 131 Å². The van der Waals surface area contributed by atoms with Crippen molar-refractivity contribution in [3.8, 4) is 0 Å². The highest BCUT2D eigenvalue weighted by molar-refractivity contribution is 6.30. The molecule has 0 saturated heterocycles. The zero-order valence-electron chi connectivity index (χ0n) is 12.8. The number of nitrogens with zero attached hydrogens (tertiary/aromatic N) is 1. The van der Waals surface area contributed by atoms with Crippen molar-refractivity contribution >= 4 is 23.3 Å². The molecule has 1 aromatic carbocycles. The quantitative estimate of drug-likeness (QED) is 0.873. The largest absolute Gasteiger partial charge is 0.480 e. The highest BCUT2D eigenvalue weighted by atomic mass is 35.5. The van der Waals surface area contributed by atoms with Crippen LogP contribution in [0, 0.1) is 11.8 Å². The molecule has 0 unspecified atom stereocenters. The van der Waals surface area contributed by atoms with Crippen LogP contribution in [0.25, 0.3) is 0 Å². The van der Waals surface area contributed by atoms with Gasteiger partial charge in [0, 0.05) is 16.8 Å². The van der Waals surface area contributed by atoms with Crippen molar-refractivity contribution in [2.45, 2.75) is 45.6 Å². The molecule has 0 heterocycles. The molecule has 1 aromatic rings. The van der Waals surface area contributed by atoms with Gasteiger partial charge in [-0.3, -0.25) is 4.79 Å². The van der Waals surface area contributed by atoms with Crippen LogP contribution in [-0.4, -0.2) is 23.7 Å². The Morgan fingerprint density at radius 2 is 1.81 bits per heavy atom. The van der Waals surface area contributed by atoms with Gasteiger partial charge in [0.15, 0.2) is 0 Å². The van der Waals surface area contributed by atoms with Crippen molar-refractivity contribution in [1.82, 2.24) is 0 Å². The van der Waals surface area contributed by atoms with Gasteiger partial charge in [-0.2, -0.15) is 0 Å². The second-order valence-electron chi connectivity index (χ2n) is 6.31. The fourth-order valence-electron chi connectivity index (χ4n) is 3.29. The number of hydrogen-bond acceptors (Lipinski definition) is 2. The van der Waals surface area contributed by atoms with Gasteiger partial charge in [-0.05, 0) is 61.8 Å². The van der Waals surface area contributed by atoms with Gasteiger partial charge in [-0.15, -0.1) is 0 Å². The maximum absolute atomic E-state index is 11.2. The molecule has 1 saturated carbocycles. The number of anilines is 1. The molecule has 0 bridgehead atoms. The number of aliphatic carboxylic acids is 1. The van der Waals surface area contributed by atoms with Crippen LogP contribution in [0.5, 0.6) is 0 Å². The number of carboxylic acid groups (broad SMARTS) is 1. The van der Waals surface area contributed by atoms with Crippen molar-refractivity contribution < 1.29 is 9.90 Å².